The van der Waals surface area contributed by atoms with Crippen molar-refractivity contribution in [2.75, 3.05) is 6.54 Å². The Morgan fingerprint density at radius 3 is 2.12 bits per heavy atom. The van der Waals surface area contributed by atoms with Gasteiger partial charge in [0.15, 0.2) is 0 Å². The van der Waals surface area contributed by atoms with E-state index in [-0.39, 0.29) is 55.6 Å². The molecule has 7 nitrogen and oxygen atoms in total. The summed E-state index contributed by atoms with van der Waals surface area (Å²) in [6.07, 6.45) is 1.41. The SMILES string of the molecule is CC[C@@H](C)NC(=O)[C@H](Cc1ccccc1)N(Cc1ccccc1Cl)C(=O)CCCN1C(=O)c2ccccc2C1=O. The van der Waals surface area contributed by atoms with Crippen LogP contribution in [0.4, 0.5) is 0 Å². The van der Waals surface area contributed by atoms with Crippen molar-refractivity contribution in [1.29, 1.82) is 0 Å². The van der Waals surface area contributed by atoms with Gasteiger partial charge >= 0.3 is 0 Å². The third kappa shape index (κ3) is 6.77. The number of benzene rings is 3. The van der Waals surface area contributed by atoms with E-state index in [0.717, 1.165) is 17.5 Å². The molecule has 0 radical (unpaired) electrons. The molecular weight excluding hydrogens is 526 g/mol. The van der Waals surface area contributed by atoms with Gasteiger partial charge in [-0.25, -0.2) is 0 Å². The van der Waals surface area contributed by atoms with Crippen LogP contribution in [0, 0.1) is 0 Å². The van der Waals surface area contributed by atoms with Crippen LogP contribution in [0.25, 0.3) is 0 Å². The molecule has 4 amide bonds. The largest absolute Gasteiger partial charge is 0.352 e. The molecule has 0 aromatic heterocycles. The van der Waals surface area contributed by atoms with Gasteiger partial charge in [0.05, 0.1) is 11.1 Å². The van der Waals surface area contributed by atoms with Crippen LogP contribution in [0.15, 0.2) is 78.9 Å². The van der Waals surface area contributed by atoms with Gasteiger partial charge in [-0.1, -0.05) is 79.2 Å². The first kappa shape index (κ1) is 29.0. The molecule has 0 saturated heterocycles. The Balaban J connectivity index is 1.56. The second-order valence-electron chi connectivity index (χ2n) is 10.0. The van der Waals surface area contributed by atoms with Gasteiger partial charge in [-0.15, -0.1) is 0 Å². The Morgan fingerprint density at radius 1 is 0.900 bits per heavy atom. The summed E-state index contributed by atoms with van der Waals surface area (Å²) >= 11 is 6.47. The molecule has 40 heavy (non-hydrogen) atoms. The number of hydrogen-bond acceptors (Lipinski definition) is 4. The molecule has 0 bridgehead atoms. The van der Waals surface area contributed by atoms with Crippen molar-refractivity contribution in [3.05, 3.63) is 106 Å². The molecule has 0 spiro atoms. The monoisotopic (exact) mass is 559 g/mol. The van der Waals surface area contributed by atoms with Crippen LogP contribution in [0.5, 0.6) is 0 Å². The van der Waals surface area contributed by atoms with Gasteiger partial charge in [-0.3, -0.25) is 24.1 Å². The van der Waals surface area contributed by atoms with Gasteiger partial charge in [-0.2, -0.15) is 0 Å². The normalized spacial score (nSPS) is 14.0. The zero-order valence-electron chi connectivity index (χ0n) is 22.8. The second kappa shape index (κ2) is 13.4. The van der Waals surface area contributed by atoms with Crippen LogP contribution in [-0.2, 0) is 22.6 Å². The Morgan fingerprint density at radius 2 is 1.50 bits per heavy atom. The molecule has 1 N–H and O–H groups in total. The van der Waals surface area contributed by atoms with E-state index >= 15 is 0 Å². The first-order chi connectivity index (χ1) is 19.3. The number of carbonyl (C=O) groups is 4. The summed E-state index contributed by atoms with van der Waals surface area (Å²) in [6, 6.07) is 22.7. The van der Waals surface area contributed by atoms with E-state index in [1.165, 1.54) is 4.90 Å². The second-order valence-corrected chi connectivity index (χ2v) is 10.5. The molecule has 0 unspecified atom stereocenters. The van der Waals surface area contributed by atoms with Gasteiger partial charge in [0.2, 0.25) is 11.8 Å². The Kier molecular flexibility index (Phi) is 9.72. The summed E-state index contributed by atoms with van der Waals surface area (Å²) in [5.74, 6) is -1.19. The lowest BCUT2D eigenvalue weighted by Crippen LogP contribution is -2.52. The van der Waals surface area contributed by atoms with E-state index in [1.807, 2.05) is 62.4 Å². The van der Waals surface area contributed by atoms with Crippen molar-refractivity contribution < 1.29 is 19.2 Å². The topological polar surface area (TPSA) is 86.8 Å². The van der Waals surface area contributed by atoms with Crippen molar-refractivity contribution in [3.63, 3.8) is 0 Å². The maximum atomic E-state index is 13.8. The number of nitrogens with zero attached hydrogens (tertiary/aromatic N) is 2. The highest BCUT2D eigenvalue weighted by molar-refractivity contribution is 6.31. The molecule has 0 saturated carbocycles. The predicted octanol–water partition coefficient (Wildman–Crippen LogP) is 5.27. The molecule has 3 aromatic carbocycles. The van der Waals surface area contributed by atoms with Crippen LogP contribution in [0.3, 0.4) is 0 Å². The summed E-state index contributed by atoms with van der Waals surface area (Å²) in [4.78, 5) is 55.7. The fourth-order valence-electron chi connectivity index (χ4n) is 4.78. The Labute approximate surface area is 240 Å². The van der Waals surface area contributed by atoms with Gasteiger partial charge in [0, 0.05) is 37.0 Å². The number of carbonyl (C=O) groups excluding carboxylic acids is 4. The smallest absolute Gasteiger partial charge is 0.261 e. The van der Waals surface area contributed by atoms with Crippen LogP contribution in [-0.4, -0.2) is 52.1 Å². The third-order valence-corrected chi connectivity index (χ3v) is 7.59. The molecule has 0 aliphatic carbocycles. The minimum atomic E-state index is -0.778. The van der Waals surface area contributed by atoms with Crippen molar-refractivity contribution in [2.24, 2.45) is 0 Å². The highest BCUT2D eigenvalue weighted by Gasteiger charge is 2.35. The van der Waals surface area contributed by atoms with Gasteiger partial charge in [0.1, 0.15) is 6.04 Å². The lowest BCUT2D eigenvalue weighted by atomic mass is 10.0. The number of rotatable bonds is 12. The fourth-order valence-corrected chi connectivity index (χ4v) is 4.97. The van der Waals surface area contributed by atoms with Crippen LogP contribution >= 0.6 is 11.6 Å². The van der Waals surface area contributed by atoms with E-state index in [0.29, 0.717) is 22.6 Å². The Bertz CT molecular complexity index is 1340. The van der Waals surface area contributed by atoms with Gasteiger partial charge < -0.3 is 10.2 Å². The maximum absolute atomic E-state index is 13.8. The number of nitrogens with one attached hydrogen (secondary N) is 1. The number of fused-ring (bicyclic) bond motifs is 1. The minimum Gasteiger partial charge on any atom is -0.352 e. The molecule has 4 rings (SSSR count). The number of halogens is 1. The van der Waals surface area contributed by atoms with E-state index in [9.17, 15) is 19.2 Å². The molecule has 1 heterocycles. The van der Waals surface area contributed by atoms with E-state index in [1.54, 1.807) is 35.2 Å². The van der Waals surface area contributed by atoms with Crippen LogP contribution in [0.1, 0.15) is 65.0 Å². The zero-order chi connectivity index (χ0) is 28.6. The van der Waals surface area contributed by atoms with Crippen molar-refractivity contribution in [3.8, 4) is 0 Å². The average molecular weight is 560 g/mol. The average Bonchev–Trinajstić information content (AvgIpc) is 3.21. The quantitative estimate of drug-likeness (QED) is 0.306. The first-order valence-electron chi connectivity index (χ1n) is 13.6. The molecule has 8 heteroatoms. The molecular formula is C32H34ClN3O4. The van der Waals surface area contributed by atoms with Crippen molar-refractivity contribution in [1.82, 2.24) is 15.1 Å². The molecule has 208 valence electrons. The molecule has 0 fully saturated rings. The van der Waals surface area contributed by atoms with Gasteiger partial charge in [-0.05, 0) is 49.1 Å². The van der Waals surface area contributed by atoms with Crippen LogP contribution in [0.2, 0.25) is 5.02 Å². The summed E-state index contributed by atoms with van der Waals surface area (Å²) in [7, 11) is 0. The molecule has 3 aromatic rings. The predicted molar refractivity (Wildman–Crippen MR) is 155 cm³/mol. The minimum absolute atomic E-state index is 0.0553. The highest BCUT2D eigenvalue weighted by Crippen LogP contribution is 2.24. The highest BCUT2D eigenvalue weighted by atomic mass is 35.5. The number of imide groups is 1. The van der Waals surface area contributed by atoms with E-state index in [4.69, 9.17) is 11.6 Å². The first-order valence-corrected chi connectivity index (χ1v) is 14.0. The summed E-state index contributed by atoms with van der Waals surface area (Å²) < 4.78 is 0. The number of amides is 4. The lowest BCUT2D eigenvalue weighted by molar-refractivity contribution is -0.141. The molecule has 1 aliphatic heterocycles. The van der Waals surface area contributed by atoms with Crippen molar-refractivity contribution in [2.45, 2.75) is 58.2 Å². The molecule has 2 atom stereocenters. The van der Waals surface area contributed by atoms with E-state index < -0.39 is 6.04 Å². The summed E-state index contributed by atoms with van der Waals surface area (Å²) in [5, 5.41) is 3.55. The Hall–Kier alpha value is -3.97. The summed E-state index contributed by atoms with van der Waals surface area (Å²) in [6.45, 7) is 4.18. The zero-order valence-corrected chi connectivity index (χ0v) is 23.6. The fraction of sp³-hybridized carbons (Fsp3) is 0.312. The standard InChI is InChI=1S/C32H34ClN3O4/c1-3-22(2)34-30(38)28(20-23-12-5-4-6-13-23)36(21-24-14-7-10-17-27(24)33)29(37)18-11-19-35-31(39)25-15-8-9-16-26(25)32(35)40/h4-10,12-17,22,28H,3,11,18-21H2,1-2H3,(H,34,38)/t22-,28+/m1/s1. The van der Waals surface area contributed by atoms with Crippen LogP contribution < -0.4 is 5.32 Å². The number of hydrogen-bond donors (Lipinski definition) is 1. The van der Waals surface area contributed by atoms with Gasteiger partial charge in [0.25, 0.3) is 11.8 Å². The maximum Gasteiger partial charge on any atom is 0.261 e. The van der Waals surface area contributed by atoms with E-state index in [2.05, 4.69) is 5.32 Å². The third-order valence-electron chi connectivity index (χ3n) is 7.22. The summed E-state index contributed by atoms with van der Waals surface area (Å²) in [5.41, 5.74) is 2.41. The molecule has 1 aliphatic rings. The lowest BCUT2D eigenvalue weighted by Gasteiger charge is -2.32. The van der Waals surface area contributed by atoms with Crippen molar-refractivity contribution >= 4 is 35.2 Å².